The second kappa shape index (κ2) is 4.82. The van der Waals surface area contributed by atoms with Crippen LogP contribution in [0.15, 0.2) is 36.4 Å². The molecule has 25 heavy (non-hydrogen) atoms. The average Bonchev–Trinajstić information content (AvgIpc) is 3.03. The molecule has 0 radical (unpaired) electrons. The fourth-order valence-corrected chi connectivity index (χ4v) is 5.13. The third kappa shape index (κ3) is 1.71. The van der Waals surface area contributed by atoms with Crippen LogP contribution in [0.5, 0.6) is 0 Å². The van der Waals surface area contributed by atoms with Gasteiger partial charge in [0.15, 0.2) is 5.11 Å². The van der Waals surface area contributed by atoms with E-state index >= 15 is 0 Å². The first-order valence-corrected chi connectivity index (χ1v) is 9.00. The highest BCUT2D eigenvalue weighted by molar-refractivity contribution is 7.80. The fourth-order valence-electron chi connectivity index (χ4n) is 4.76. The number of likely N-dealkylation sites (N-methyl/N-ethyl adjacent to an activating group) is 1. The minimum Gasteiger partial charge on any atom is -0.345 e. The highest BCUT2D eigenvalue weighted by atomic mass is 32.1. The molecule has 2 atom stereocenters. The average molecular weight is 349 g/mol. The van der Waals surface area contributed by atoms with Crippen LogP contribution in [0.4, 0.5) is 0 Å². The molecule has 2 aromatic carbocycles. The van der Waals surface area contributed by atoms with E-state index in [9.17, 15) is 4.79 Å². The predicted molar refractivity (Wildman–Crippen MR) is 104 cm³/mol. The Morgan fingerprint density at radius 3 is 2.64 bits per heavy atom. The molecule has 2 aliphatic rings. The van der Waals surface area contributed by atoms with Gasteiger partial charge in [-0.15, -0.1) is 0 Å². The zero-order valence-corrected chi connectivity index (χ0v) is 15.3. The Morgan fingerprint density at radius 1 is 1.08 bits per heavy atom. The van der Waals surface area contributed by atoms with Crippen molar-refractivity contribution in [1.29, 1.82) is 0 Å². The molecule has 1 saturated heterocycles. The summed E-state index contributed by atoms with van der Waals surface area (Å²) in [5, 5.41) is 4.40. The number of carbonyl (C=O) groups is 1. The number of hydrogen-bond acceptors (Lipinski definition) is 2. The van der Waals surface area contributed by atoms with Crippen molar-refractivity contribution in [2.24, 2.45) is 7.05 Å². The predicted octanol–water partition coefficient (Wildman–Crippen LogP) is 3.38. The molecule has 3 aromatic rings. The number of aryl methyl sites for hydroxylation is 1. The Hall–Kier alpha value is -2.40. The van der Waals surface area contributed by atoms with Crippen LogP contribution in [-0.4, -0.2) is 38.5 Å². The van der Waals surface area contributed by atoms with Crippen molar-refractivity contribution in [2.75, 3.05) is 7.05 Å². The van der Waals surface area contributed by atoms with E-state index in [2.05, 4.69) is 59.8 Å². The number of rotatable bonds is 0. The number of fused-ring (bicyclic) bond motifs is 6. The first-order chi connectivity index (χ1) is 12.0. The van der Waals surface area contributed by atoms with Crippen LogP contribution in [0.25, 0.3) is 21.7 Å². The lowest BCUT2D eigenvalue weighted by molar-refractivity contribution is -0.127. The molecule has 0 bridgehead atoms. The zero-order valence-electron chi connectivity index (χ0n) is 14.5. The lowest BCUT2D eigenvalue weighted by Gasteiger charge is -2.35. The maximum Gasteiger partial charge on any atom is 0.251 e. The van der Waals surface area contributed by atoms with Crippen molar-refractivity contribution in [2.45, 2.75) is 25.4 Å². The van der Waals surface area contributed by atoms with Gasteiger partial charge in [-0.2, -0.15) is 0 Å². The molecule has 4 nitrogen and oxygen atoms in total. The summed E-state index contributed by atoms with van der Waals surface area (Å²) in [5.74, 6) is 0.111. The topological polar surface area (TPSA) is 28.5 Å². The summed E-state index contributed by atoms with van der Waals surface area (Å²) in [6.07, 6.45) is 0.721. The minimum atomic E-state index is -0.169. The Labute approximate surface area is 151 Å². The van der Waals surface area contributed by atoms with E-state index in [1.807, 2.05) is 0 Å². The van der Waals surface area contributed by atoms with Gasteiger partial charge >= 0.3 is 0 Å². The van der Waals surface area contributed by atoms with Crippen molar-refractivity contribution < 1.29 is 4.79 Å². The molecule has 0 spiro atoms. The van der Waals surface area contributed by atoms with E-state index in [4.69, 9.17) is 12.2 Å². The minimum absolute atomic E-state index is 0.0892. The van der Waals surface area contributed by atoms with Gasteiger partial charge < -0.3 is 9.47 Å². The van der Waals surface area contributed by atoms with Crippen LogP contribution in [0.3, 0.4) is 0 Å². The molecule has 0 N–H and O–H groups in total. The number of hydrogen-bond donors (Lipinski definition) is 0. The van der Waals surface area contributed by atoms with Gasteiger partial charge in [0.1, 0.15) is 6.04 Å². The molecule has 1 amide bonds. The monoisotopic (exact) mass is 349 g/mol. The molecule has 0 aliphatic carbocycles. The Bertz CT molecular complexity index is 1080. The molecule has 0 saturated carbocycles. The summed E-state index contributed by atoms with van der Waals surface area (Å²) in [7, 11) is 3.92. The SMILES string of the molecule is CC1c2c(c3ccc4ccccc4c3n2C)CC2C(=O)N(C)C(=S)N21. The molecule has 1 aromatic heterocycles. The van der Waals surface area contributed by atoms with Crippen LogP contribution >= 0.6 is 12.2 Å². The van der Waals surface area contributed by atoms with Crippen LogP contribution in [-0.2, 0) is 18.3 Å². The first-order valence-electron chi connectivity index (χ1n) is 8.59. The molecular formula is C20H19N3OS. The van der Waals surface area contributed by atoms with Gasteiger partial charge in [0.2, 0.25) is 0 Å². The highest BCUT2D eigenvalue weighted by Crippen LogP contribution is 2.43. The van der Waals surface area contributed by atoms with Gasteiger partial charge in [-0.1, -0.05) is 36.4 Å². The summed E-state index contributed by atoms with van der Waals surface area (Å²) in [5.41, 5.74) is 3.82. The lowest BCUT2D eigenvalue weighted by Crippen LogP contribution is -2.42. The van der Waals surface area contributed by atoms with Crippen molar-refractivity contribution in [1.82, 2.24) is 14.4 Å². The normalized spacial score (nSPS) is 22.8. The maximum absolute atomic E-state index is 12.7. The van der Waals surface area contributed by atoms with Gasteiger partial charge in [-0.25, -0.2) is 0 Å². The lowest BCUT2D eigenvalue weighted by atomic mass is 9.92. The Morgan fingerprint density at radius 2 is 1.84 bits per heavy atom. The van der Waals surface area contributed by atoms with Crippen molar-refractivity contribution in [3.63, 3.8) is 0 Å². The van der Waals surface area contributed by atoms with Gasteiger partial charge in [0.05, 0.1) is 11.6 Å². The van der Waals surface area contributed by atoms with E-state index in [0.717, 1.165) is 6.42 Å². The standard InChI is InChI=1S/C20H19N3OS/c1-11-17-15(10-16-19(24)22(3)20(25)23(11)16)14-9-8-12-6-4-5-7-13(12)18(14)21(17)2/h4-9,11,16H,10H2,1-3H3. The molecule has 2 aliphatic heterocycles. The highest BCUT2D eigenvalue weighted by Gasteiger charge is 2.47. The van der Waals surface area contributed by atoms with Gasteiger partial charge in [-0.05, 0) is 30.1 Å². The maximum atomic E-state index is 12.7. The van der Waals surface area contributed by atoms with Crippen molar-refractivity contribution >= 4 is 44.9 Å². The van der Waals surface area contributed by atoms with Gasteiger partial charge in [0.25, 0.3) is 5.91 Å². The van der Waals surface area contributed by atoms with Crippen molar-refractivity contribution in [3.05, 3.63) is 47.7 Å². The van der Waals surface area contributed by atoms with Crippen LogP contribution in [0.2, 0.25) is 0 Å². The summed E-state index contributed by atoms with van der Waals surface area (Å²) in [6, 6.07) is 12.8. The molecule has 1 fully saturated rings. The number of carbonyl (C=O) groups excluding carboxylic acids is 1. The third-order valence-corrected chi connectivity index (χ3v) is 6.39. The smallest absolute Gasteiger partial charge is 0.251 e. The Kier molecular flexibility index (Phi) is 2.87. The van der Waals surface area contributed by atoms with E-state index in [1.54, 1.807) is 11.9 Å². The molecular weight excluding hydrogens is 330 g/mol. The van der Waals surface area contributed by atoms with Crippen LogP contribution in [0.1, 0.15) is 24.2 Å². The number of thiocarbonyl (C=S) groups is 1. The first kappa shape index (κ1) is 14.9. The Balaban J connectivity index is 1.83. The van der Waals surface area contributed by atoms with E-state index in [0.29, 0.717) is 5.11 Å². The zero-order chi connectivity index (χ0) is 17.5. The second-order valence-electron chi connectivity index (χ2n) is 7.09. The number of aromatic nitrogens is 1. The number of amides is 1. The van der Waals surface area contributed by atoms with Gasteiger partial charge in [-0.3, -0.25) is 9.69 Å². The number of nitrogens with zero attached hydrogens (tertiary/aromatic N) is 3. The van der Waals surface area contributed by atoms with Crippen molar-refractivity contribution in [3.8, 4) is 0 Å². The van der Waals surface area contributed by atoms with E-state index in [1.165, 1.54) is 32.9 Å². The molecule has 126 valence electrons. The van der Waals surface area contributed by atoms with E-state index < -0.39 is 0 Å². The number of benzene rings is 2. The molecule has 3 heterocycles. The molecule has 5 heteroatoms. The second-order valence-corrected chi connectivity index (χ2v) is 7.45. The summed E-state index contributed by atoms with van der Waals surface area (Å²) >= 11 is 5.55. The van der Waals surface area contributed by atoms with Crippen LogP contribution in [0, 0.1) is 0 Å². The molecule has 2 unspecified atom stereocenters. The quantitative estimate of drug-likeness (QED) is 0.583. The largest absolute Gasteiger partial charge is 0.345 e. The summed E-state index contributed by atoms with van der Waals surface area (Å²) < 4.78 is 2.30. The van der Waals surface area contributed by atoms with Crippen LogP contribution < -0.4 is 0 Å². The fraction of sp³-hybridized carbons (Fsp3) is 0.300. The molecule has 5 rings (SSSR count). The van der Waals surface area contributed by atoms with E-state index in [-0.39, 0.29) is 18.0 Å². The third-order valence-electron chi connectivity index (χ3n) is 5.90. The summed E-state index contributed by atoms with van der Waals surface area (Å²) in [6.45, 7) is 2.16. The van der Waals surface area contributed by atoms with Gasteiger partial charge in [0, 0.05) is 37.0 Å². The summed E-state index contributed by atoms with van der Waals surface area (Å²) in [4.78, 5) is 16.4.